The highest BCUT2D eigenvalue weighted by Crippen LogP contribution is 2.07. The molecule has 3 rings (SSSR count). The van der Waals surface area contributed by atoms with Crippen molar-refractivity contribution in [2.45, 2.75) is 6.42 Å². The fourth-order valence-electron chi connectivity index (χ4n) is 1.66. The molecule has 3 aromatic heterocycles. The van der Waals surface area contributed by atoms with E-state index in [2.05, 4.69) is 24.9 Å². The number of nitrogen functional groups attached to an aromatic ring is 1. The van der Waals surface area contributed by atoms with Crippen LogP contribution in [-0.4, -0.2) is 29.5 Å². The van der Waals surface area contributed by atoms with Crippen LogP contribution in [0.2, 0.25) is 0 Å². The van der Waals surface area contributed by atoms with E-state index in [-0.39, 0.29) is 5.95 Å². The van der Waals surface area contributed by atoms with E-state index in [0.29, 0.717) is 18.2 Å². The Bertz CT molecular complexity index is 664. The number of nitrogens with two attached hydrogens (primary N) is 1. The van der Waals surface area contributed by atoms with Crippen LogP contribution in [0.25, 0.3) is 5.95 Å². The number of pyridine rings is 1. The van der Waals surface area contributed by atoms with E-state index in [9.17, 15) is 0 Å². The lowest BCUT2D eigenvalue weighted by Gasteiger charge is -2.04. The lowest BCUT2D eigenvalue weighted by atomic mass is 10.2. The quantitative estimate of drug-likeness (QED) is 0.735. The number of hydrogen-bond donors (Lipinski definition) is 1. The molecule has 0 aliphatic rings. The standard InChI is InChI=1S/C12H11N7/c13-11-16-10(7-9-3-1-2-4-15-9)17-12(18-11)19-6-5-14-8-19/h1-6,8H,7H2,(H2,13,16,17,18). The Morgan fingerprint density at radius 2 is 2.05 bits per heavy atom. The summed E-state index contributed by atoms with van der Waals surface area (Å²) in [6, 6.07) is 5.70. The Hall–Kier alpha value is -2.83. The monoisotopic (exact) mass is 253 g/mol. The predicted molar refractivity (Wildman–Crippen MR) is 68.4 cm³/mol. The first kappa shape index (κ1) is 11.3. The molecule has 0 aromatic carbocycles. The topological polar surface area (TPSA) is 95.4 Å². The van der Waals surface area contributed by atoms with Crippen LogP contribution in [-0.2, 0) is 6.42 Å². The summed E-state index contributed by atoms with van der Waals surface area (Å²) < 4.78 is 1.68. The SMILES string of the molecule is Nc1nc(Cc2ccccn2)nc(-n2ccnc2)n1. The van der Waals surface area contributed by atoms with Gasteiger partial charge >= 0.3 is 0 Å². The Labute approximate surface area is 109 Å². The maximum absolute atomic E-state index is 5.70. The molecule has 0 radical (unpaired) electrons. The maximum Gasteiger partial charge on any atom is 0.239 e. The Morgan fingerprint density at radius 1 is 1.11 bits per heavy atom. The molecule has 7 heteroatoms. The number of nitrogens with zero attached hydrogens (tertiary/aromatic N) is 6. The fraction of sp³-hybridized carbons (Fsp3) is 0.0833. The van der Waals surface area contributed by atoms with Gasteiger partial charge in [0, 0.05) is 24.3 Å². The second-order valence-corrected chi connectivity index (χ2v) is 3.88. The second-order valence-electron chi connectivity index (χ2n) is 3.88. The molecule has 0 fully saturated rings. The third kappa shape index (κ3) is 2.54. The third-order valence-electron chi connectivity index (χ3n) is 2.49. The van der Waals surface area contributed by atoms with Crippen LogP contribution in [0.3, 0.4) is 0 Å². The number of anilines is 1. The van der Waals surface area contributed by atoms with Crippen LogP contribution in [0, 0.1) is 0 Å². The summed E-state index contributed by atoms with van der Waals surface area (Å²) in [5, 5.41) is 0. The minimum atomic E-state index is 0.185. The summed E-state index contributed by atoms with van der Waals surface area (Å²) >= 11 is 0. The zero-order valence-corrected chi connectivity index (χ0v) is 10.0. The summed E-state index contributed by atoms with van der Waals surface area (Å²) in [5.74, 6) is 1.22. The molecule has 0 aliphatic heterocycles. The molecule has 3 heterocycles. The van der Waals surface area contributed by atoms with Crippen LogP contribution < -0.4 is 5.73 Å². The number of aromatic nitrogens is 6. The minimum absolute atomic E-state index is 0.185. The predicted octanol–water partition coefficient (Wildman–Crippen LogP) is 0.625. The van der Waals surface area contributed by atoms with Crippen molar-refractivity contribution in [3.8, 4) is 5.95 Å². The summed E-state index contributed by atoms with van der Waals surface area (Å²) in [7, 11) is 0. The Morgan fingerprint density at radius 3 is 2.79 bits per heavy atom. The van der Waals surface area contributed by atoms with Gasteiger partial charge in [-0.2, -0.15) is 15.0 Å². The largest absolute Gasteiger partial charge is 0.368 e. The first-order valence-electron chi connectivity index (χ1n) is 5.70. The van der Waals surface area contributed by atoms with Gasteiger partial charge in [-0.15, -0.1) is 0 Å². The molecule has 0 atom stereocenters. The van der Waals surface area contributed by atoms with Gasteiger partial charge in [-0.25, -0.2) is 4.98 Å². The van der Waals surface area contributed by atoms with Gasteiger partial charge in [0.15, 0.2) is 0 Å². The molecular formula is C12H11N7. The highest BCUT2D eigenvalue weighted by molar-refractivity contribution is 5.24. The van der Waals surface area contributed by atoms with Crippen LogP contribution in [0.5, 0.6) is 0 Å². The van der Waals surface area contributed by atoms with Gasteiger partial charge in [-0.3, -0.25) is 9.55 Å². The van der Waals surface area contributed by atoms with E-state index in [1.807, 2.05) is 18.2 Å². The van der Waals surface area contributed by atoms with Crippen molar-refractivity contribution >= 4 is 5.95 Å². The molecule has 0 bridgehead atoms. The molecular weight excluding hydrogens is 242 g/mol. The highest BCUT2D eigenvalue weighted by atomic mass is 15.2. The summed E-state index contributed by atoms with van der Waals surface area (Å²) in [6.07, 6.45) is 7.25. The molecule has 19 heavy (non-hydrogen) atoms. The van der Waals surface area contributed by atoms with Crippen molar-refractivity contribution in [1.29, 1.82) is 0 Å². The van der Waals surface area contributed by atoms with E-state index >= 15 is 0 Å². The summed E-state index contributed by atoms with van der Waals surface area (Å²) in [5.41, 5.74) is 6.58. The first-order valence-corrected chi connectivity index (χ1v) is 5.70. The lowest BCUT2D eigenvalue weighted by Crippen LogP contribution is -2.09. The van der Waals surface area contributed by atoms with Gasteiger partial charge in [-0.05, 0) is 12.1 Å². The molecule has 94 valence electrons. The number of hydrogen-bond acceptors (Lipinski definition) is 6. The molecule has 0 saturated carbocycles. The van der Waals surface area contributed by atoms with Crippen molar-refractivity contribution in [2.24, 2.45) is 0 Å². The van der Waals surface area contributed by atoms with Gasteiger partial charge in [0.25, 0.3) is 0 Å². The van der Waals surface area contributed by atoms with E-state index in [0.717, 1.165) is 5.69 Å². The number of rotatable bonds is 3. The van der Waals surface area contributed by atoms with Crippen LogP contribution in [0.1, 0.15) is 11.5 Å². The van der Waals surface area contributed by atoms with E-state index in [1.165, 1.54) is 0 Å². The zero-order chi connectivity index (χ0) is 13.1. The molecule has 7 nitrogen and oxygen atoms in total. The maximum atomic E-state index is 5.70. The normalized spacial score (nSPS) is 10.5. The first-order chi connectivity index (χ1) is 9.31. The molecule has 0 amide bonds. The Kier molecular flexibility index (Phi) is 2.85. The van der Waals surface area contributed by atoms with Crippen LogP contribution in [0.4, 0.5) is 5.95 Å². The molecule has 0 unspecified atom stereocenters. The molecule has 0 saturated heterocycles. The highest BCUT2D eigenvalue weighted by Gasteiger charge is 2.07. The van der Waals surface area contributed by atoms with Gasteiger partial charge in [0.05, 0.1) is 6.42 Å². The average Bonchev–Trinajstić information content (AvgIpc) is 2.93. The van der Waals surface area contributed by atoms with E-state index < -0.39 is 0 Å². The third-order valence-corrected chi connectivity index (χ3v) is 2.49. The van der Waals surface area contributed by atoms with E-state index in [4.69, 9.17) is 5.73 Å². The minimum Gasteiger partial charge on any atom is -0.368 e. The smallest absolute Gasteiger partial charge is 0.239 e. The fourth-order valence-corrected chi connectivity index (χ4v) is 1.66. The second kappa shape index (κ2) is 4.81. The summed E-state index contributed by atoms with van der Waals surface area (Å²) in [4.78, 5) is 20.7. The average molecular weight is 253 g/mol. The molecule has 0 spiro atoms. The van der Waals surface area contributed by atoms with Gasteiger partial charge in [-0.1, -0.05) is 6.07 Å². The van der Waals surface area contributed by atoms with Crippen molar-refractivity contribution in [3.05, 3.63) is 54.6 Å². The summed E-state index contributed by atoms with van der Waals surface area (Å²) in [6.45, 7) is 0. The number of imidazole rings is 1. The van der Waals surface area contributed by atoms with Crippen LogP contribution in [0.15, 0.2) is 43.1 Å². The van der Waals surface area contributed by atoms with Crippen molar-refractivity contribution in [2.75, 3.05) is 5.73 Å². The van der Waals surface area contributed by atoms with Crippen molar-refractivity contribution in [1.82, 2.24) is 29.5 Å². The molecule has 2 N–H and O–H groups in total. The molecule has 3 aromatic rings. The van der Waals surface area contributed by atoms with Gasteiger partial charge in [0.2, 0.25) is 11.9 Å². The van der Waals surface area contributed by atoms with Crippen molar-refractivity contribution < 1.29 is 0 Å². The van der Waals surface area contributed by atoms with E-state index in [1.54, 1.807) is 29.5 Å². The van der Waals surface area contributed by atoms with Crippen LogP contribution >= 0.6 is 0 Å². The van der Waals surface area contributed by atoms with Gasteiger partial charge in [0.1, 0.15) is 12.2 Å². The lowest BCUT2D eigenvalue weighted by molar-refractivity contribution is 0.842. The van der Waals surface area contributed by atoms with Gasteiger partial charge < -0.3 is 5.73 Å². The molecule has 0 aliphatic carbocycles. The zero-order valence-electron chi connectivity index (χ0n) is 10.0. The van der Waals surface area contributed by atoms with Crippen molar-refractivity contribution in [3.63, 3.8) is 0 Å². The Balaban J connectivity index is 1.94.